The number of hydrogen-bond acceptors (Lipinski definition) is 3. The van der Waals surface area contributed by atoms with Crippen LogP contribution in [0.25, 0.3) is 0 Å². The summed E-state index contributed by atoms with van der Waals surface area (Å²) in [6, 6.07) is 5.88. The highest BCUT2D eigenvalue weighted by Gasteiger charge is 2.27. The Balaban J connectivity index is 2.19. The fourth-order valence-electron chi connectivity index (χ4n) is 2.34. The molecule has 1 aromatic carbocycles. The molecular weight excluding hydrogens is 236 g/mol. The molecule has 0 bridgehead atoms. The molecule has 1 saturated heterocycles. The molecule has 1 fully saturated rings. The van der Waals surface area contributed by atoms with Crippen LogP contribution in [0.15, 0.2) is 18.2 Å². The topological polar surface area (TPSA) is 38.5 Å². The number of halogens is 1. The zero-order chi connectivity index (χ0) is 12.5. The van der Waals surface area contributed by atoms with E-state index >= 15 is 0 Å². The first-order chi connectivity index (χ1) is 8.02. The summed E-state index contributed by atoms with van der Waals surface area (Å²) in [6.45, 7) is 4.01. The highest BCUT2D eigenvalue weighted by Crippen LogP contribution is 2.31. The summed E-state index contributed by atoms with van der Waals surface area (Å²) >= 11 is 6.14. The summed E-state index contributed by atoms with van der Waals surface area (Å²) in [5.74, 6) is 0.711. The van der Waals surface area contributed by atoms with Gasteiger partial charge in [0.1, 0.15) is 5.75 Å². The largest absolute Gasteiger partial charge is 0.495 e. The molecule has 94 valence electrons. The van der Waals surface area contributed by atoms with Crippen molar-refractivity contribution in [1.29, 1.82) is 0 Å². The minimum Gasteiger partial charge on any atom is -0.495 e. The van der Waals surface area contributed by atoms with Crippen LogP contribution in [0.2, 0.25) is 5.02 Å². The Morgan fingerprint density at radius 3 is 2.82 bits per heavy atom. The van der Waals surface area contributed by atoms with Crippen LogP contribution in [-0.4, -0.2) is 25.7 Å². The van der Waals surface area contributed by atoms with Gasteiger partial charge >= 0.3 is 0 Å². The summed E-state index contributed by atoms with van der Waals surface area (Å²) in [4.78, 5) is 2.29. The first-order valence-corrected chi connectivity index (χ1v) is 6.27. The molecular formula is C13H19ClN2O. The van der Waals surface area contributed by atoms with Gasteiger partial charge in [0, 0.05) is 24.3 Å². The molecule has 0 radical (unpaired) electrons. The van der Waals surface area contributed by atoms with Crippen LogP contribution in [0.3, 0.4) is 0 Å². The standard InChI is InChI=1S/C13H19ClN2O/c1-13(15)6-3-7-16(9-13)10-4-5-12(17-2)11(14)8-10/h4-5,8H,3,6-7,9,15H2,1-2H3. The third-order valence-electron chi connectivity index (χ3n) is 3.23. The molecule has 0 saturated carbocycles. The van der Waals surface area contributed by atoms with Crippen LogP contribution in [0.4, 0.5) is 5.69 Å². The van der Waals surface area contributed by atoms with E-state index in [1.54, 1.807) is 7.11 Å². The van der Waals surface area contributed by atoms with Crippen molar-refractivity contribution < 1.29 is 4.74 Å². The maximum atomic E-state index is 6.20. The lowest BCUT2D eigenvalue weighted by molar-refractivity contribution is 0.374. The smallest absolute Gasteiger partial charge is 0.137 e. The second-order valence-corrected chi connectivity index (χ2v) is 5.41. The number of piperidine rings is 1. The minimum atomic E-state index is -0.106. The molecule has 3 nitrogen and oxygen atoms in total. The Morgan fingerprint density at radius 1 is 1.47 bits per heavy atom. The van der Waals surface area contributed by atoms with Crippen LogP contribution in [0.1, 0.15) is 19.8 Å². The van der Waals surface area contributed by atoms with Gasteiger partial charge in [-0.3, -0.25) is 0 Å². The molecule has 1 aromatic rings. The third kappa shape index (κ3) is 2.85. The number of benzene rings is 1. The van der Waals surface area contributed by atoms with E-state index in [1.807, 2.05) is 18.2 Å². The van der Waals surface area contributed by atoms with Crippen molar-refractivity contribution in [3.63, 3.8) is 0 Å². The van der Waals surface area contributed by atoms with E-state index in [1.165, 1.54) is 0 Å². The first kappa shape index (κ1) is 12.5. The molecule has 1 atom stereocenters. The molecule has 4 heteroatoms. The van der Waals surface area contributed by atoms with Gasteiger partial charge in [0.05, 0.1) is 12.1 Å². The second kappa shape index (κ2) is 4.75. The lowest BCUT2D eigenvalue weighted by Gasteiger charge is -2.39. The zero-order valence-electron chi connectivity index (χ0n) is 10.4. The normalized spacial score (nSPS) is 24.8. The van der Waals surface area contributed by atoms with E-state index in [2.05, 4.69) is 11.8 Å². The Morgan fingerprint density at radius 2 is 2.24 bits per heavy atom. The Labute approximate surface area is 107 Å². The number of nitrogens with zero attached hydrogens (tertiary/aromatic N) is 1. The number of hydrogen-bond donors (Lipinski definition) is 1. The molecule has 0 aromatic heterocycles. The third-order valence-corrected chi connectivity index (χ3v) is 3.52. The van der Waals surface area contributed by atoms with Crippen LogP contribution in [-0.2, 0) is 0 Å². The number of methoxy groups -OCH3 is 1. The van der Waals surface area contributed by atoms with Gasteiger partial charge in [-0.1, -0.05) is 11.6 Å². The average molecular weight is 255 g/mol. The van der Waals surface area contributed by atoms with Gasteiger partial charge in [0.15, 0.2) is 0 Å². The van der Waals surface area contributed by atoms with Crippen LogP contribution in [0, 0.1) is 0 Å². The predicted octanol–water partition coefficient (Wildman–Crippen LogP) is 2.67. The maximum Gasteiger partial charge on any atom is 0.137 e. The van der Waals surface area contributed by atoms with Gasteiger partial charge in [-0.2, -0.15) is 0 Å². The van der Waals surface area contributed by atoms with Gasteiger partial charge in [-0.25, -0.2) is 0 Å². The Kier molecular flexibility index (Phi) is 3.50. The van der Waals surface area contributed by atoms with Crippen molar-refractivity contribution in [1.82, 2.24) is 0 Å². The second-order valence-electron chi connectivity index (χ2n) is 5.00. The summed E-state index contributed by atoms with van der Waals surface area (Å²) in [6.07, 6.45) is 2.20. The van der Waals surface area contributed by atoms with Gasteiger partial charge in [0.2, 0.25) is 0 Å². The fourth-order valence-corrected chi connectivity index (χ4v) is 2.59. The van der Waals surface area contributed by atoms with Crippen molar-refractivity contribution in [2.75, 3.05) is 25.1 Å². The Bertz CT molecular complexity index is 406. The summed E-state index contributed by atoms with van der Waals surface area (Å²) in [5.41, 5.74) is 7.21. The van der Waals surface area contributed by atoms with E-state index in [0.717, 1.165) is 31.6 Å². The lowest BCUT2D eigenvalue weighted by atomic mass is 9.92. The summed E-state index contributed by atoms with van der Waals surface area (Å²) in [5, 5.41) is 0.647. The van der Waals surface area contributed by atoms with Crippen molar-refractivity contribution in [2.24, 2.45) is 5.73 Å². The number of rotatable bonds is 2. The van der Waals surface area contributed by atoms with E-state index in [0.29, 0.717) is 10.8 Å². The van der Waals surface area contributed by atoms with Crippen molar-refractivity contribution in [3.05, 3.63) is 23.2 Å². The summed E-state index contributed by atoms with van der Waals surface area (Å²) < 4.78 is 5.15. The lowest BCUT2D eigenvalue weighted by Crippen LogP contribution is -2.52. The van der Waals surface area contributed by atoms with Crippen LogP contribution in [0.5, 0.6) is 5.75 Å². The zero-order valence-corrected chi connectivity index (χ0v) is 11.1. The SMILES string of the molecule is COc1ccc(N2CCCC(C)(N)C2)cc1Cl. The van der Waals surface area contributed by atoms with Crippen molar-refractivity contribution >= 4 is 17.3 Å². The number of ether oxygens (including phenoxy) is 1. The van der Waals surface area contributed by atoms with Gasteiger partial charge in [-0.15, -0.1) is 0 Å². The van der Waals surface area contributed by atoms with Crippen molar-refractivity contribution in [3.8, 4) is 5.75 Å². The quantitative estimate of drug-likeness (QED) is 0.882. The van der Waals surface area contributed by atoms with E-state index in [-0.39, 0.29) is 5.54 Å². The highest BCUT2D eigenvalue weighted by atomic mass is 35.5. The minimum absolute atomic E-state index is 0.106. The molecule has 2 N–H and O–H groups in total. The monoisotopic (exact) mass is 254 g/mol. The van der Waals surface area contributed by atoms with Gasteiger partial charge in [-0.05, 0) is 38.0 Å². The van der Waals surface area contributed by atoms with Gasteiger partial charge in [0.25, 0.3) is 0 Å². The molecule has 1 aliphatic rings. The first-order valence-electron chi connectivity index (χ1n) is 5.89. The van der Waals surface area contributed by atoms with E-state index in [9.17, 15) is 0 Å². The molecule has 17 heavy (non-hydrogen) atoms. The average Bonchev–Trinajstić information content (AvgIpc) is 2.27. The fraction of sp³-hybridized carbons (Fsp3) is 0.538. The number of anilines is 1. The molecule has 1 aliphatic heterocycles. The molecule has 2 rings (SSSR count). The van der Waals surface area contributed by atoms with E-state index < -0.39 is 0 Å². The highest BCUT2D eigenvalue weighted by molar-refractivity contribution is 6.32. The van der Waals surface area contributed by atoms with Crippen LogP contribution < -0.4 is 15.4 Å². The molecule has 0 spiro atoms. The number of nitrogens with two attached hydrogens (primary N) is 1. The predicted molar refractivity (Wildman–Crippen MR) is 72.0 cm³/mol. The Hall–Kier alpha value is -0.930. The molecule has 1 heterocycles. The molecule has 0 amide bonds. The maximum absolute atomic E-state index is 6.20. The molecule has 0 aliphatic carbocycles. The molecule has 1 unspecified atom stereocenters. The van der Waals surface area contributed by atoms with Crippen LogP contribution >= 0.6 is 11.6 Å². The van der Waals surface area contributed by atoms with Gasteiger partial charge < -0.3 is 15.4 Å². The van der Waals surface area contributed by atoms with E-state index in [4.69, 9.17) is 22.1 Å². The van der Waals surface area contributed by atoms with Crippen molar-refractivity contribution in [2.45, 2.75) is 25.3 Å². The summed E-state index contributed by atoms with van der Waals surface area (Å²) in [7, 11) is 1.62.